The molecule has 1 rings (SSSR count). The van der Waals surface area contributed by atoms with E-state index in [1.54, 1.807) is 14.1 Å². The number of amides is 3. The number of hydrogen-bond acceptors (Lipinski definition) is 4. The SMILES string of the molecule is CCCCCCCC1CC/C=C\CC(C(=O)N(C)C)C[C@@H](C=O)NC(=O)[C@H](CC(C)C)NC1=O. The highest BCUT2D eigenvalue weighted by Crippen LogP contribution is 2.20. The lowest BCUT2D eigenvalue weighted by Gasteiger charge is -2.27. The first kappa shape index (κ1) is 29.9. The molecule has 0 spiro atoms. The summed E-state index contributed by atoms with van der Waals surface area (Å²) < 4.78 is 0. The normalized spacial score (nSPS) is 25.7. The van der Waals surface area contributed by atoms with E-state index in [0.717, 1.165) is 32.1 Å². The van der Waals surface area contributed by atoms with Gasteiger partial charge in [-0.1, -0.05) is 65.0 Å². The second-order valence-electron chi connectivity index (χ2n) is 10.3. The summed E-state index contributed by atoms with van der Waals surface area (Å²) in [5.41, 5.74) is 0. The average Bonchev–Trinajstić information content (AvgIpc) is 2.78. The molecule has 34 heavy (non-hydrogen) atoms. The second-order valence-corrected chi connectivity index (χ2v) is 10.3. The van der Waals surface area contributed by atoms with Gasteiger partial charge in [-0.3, -0.25) is 14.4 Å². The largest absolute Gasteiger partial charge is 0.349 e. The maximum absolute atomic E-state index is 13.2. The minimum Gasteiger partial charge on any atom is -0.349 e. The zero-order valence-corrected chi connectivity index (χ0v) is 22.0. The number of carbonyl (C=O) groups excluding carboxylic acids is 4. The minimum absolute atomic E-state index is 0.0603. The van der Waals surface area contributed by atoms with Crippen LogP contribution in [0.5, 0.6) is 0 Å². The summed E-state index contributed by atoms with van der Waals surface area (Å²) in [4.78, 5) is 52.3. The van der Waals surface area contributed by atoms with Gasteiger partial charge < -0.3 is 20.3 Å². The average molecular weight is 478 g/mol. The molecule has 1 aliphatic heterocycles. The Balaban J connectivity index is 3.09. The van der Waals surface area contributed by atoms with Crippen LogP contribution in [0.3, 0.4) is 0 Å². The van der Waals surface area contributed by atoms with Crippen LogP contribution < -0.4 is 10.6 Å². The minimum atomic E-state index is -0.779. The molecule has 0 radical (unpaired) electrons. The topological polar surface area (TPSA) is 95.6 Å². The highest BCUT2D eigenvalue weighted by Gasteiger charge is 2.30. The van der Waals surface area contributed by atoms with Crippen molar-refractivity contribution >= 4 is 24.0 Å². The lowest BCUT2D eigenvalue weighted by Crippen LogP contribution is -2.52. The molecule has 0 aromatic heterocycles. The van der Waals surface area contributed by atoms with Crippen LogP contribution in [-0.4, -0.2) is 55.1 Å². The Labute approximate surface area is 206 Å². The van der Waals surface area contributed by atoms with Crippen LogP contribution in [0.4, 0.5) is 0 Å². The third-order valence-corrected chi connectivity index (χ3v) is 6.46. The first-order valence-corrected chi connectivity index (χ1v) is 13.1. The van der Waals surface area contributed by atoms with E-state index < -0.39 is 18.0 Å². The van der Waals surface area contributed by atoms with Crippen molar-refractivity contribution in [3.8, 4) is 0 Å². The van der Waals surface area contributed by atoms with Gasteiger partial charge in [0, 0.05) is 25.9 Å². The molecule has 0 fully saturated rings. The fraction of sp³-hybridized carbons (Fsp3) is 0.778. The number of rotatable bonds is 10. The highest BCUT2D eigenvalue weighted by molar-refractivity contribution is 5.90. The Kier molecular flexibility index (Phi) is 14.4. The molecule has 194 valence electrons. The van der Waals surface area contributed by atoms with Gasteiger partial charge in [0.1, 0.15) is 12.3 Å². The third kappa shape index (κ3) is 11.3. The monoisotopic (exact) mass is 477 g/mol. The van der Waals surface area contributed by atoms with Crippen LogP contribution >= 0.6 is 0 Å². The molecule has 0 aromatic carbocycles. The molecule has 0 bridgehead atoms. The number of nitrogens with one attached hydrogen (secondary N) is 2. The van der Waals surface area contributed by atoms with Gasteiger partial charge in [-0.2, -0.15) is 0 Å². The summed E-state index contributed by atoms with van der Waals surface area (Å²) in [5.74, 6) is -0.845. The molecule has 0 aliphatic carbocycles. The van der Waals surface area contributed by atoms with Crippen molar-refractivity contribution in [2.45, 2.75) is 103 Å². The molecule has 0 aromatic rings. The molecule has 7 heteroatoms. The smallest absolute Gasteiger partial charge is 0.243 e. The number of nitrogens with zero attached hydrogens (tertiary/aromatic N) is 1. The number of aldehydes is 1. The standard InChI is InChI=1S/C27H47N3O4/c1-6-7-8-9-11-14-21-15-12-10-13-16-22(27(34)30(4)5)18-23(19-31)28-26(33)24(17-20(2)3)29-25(21)32/h10,13,19-24H,6-9,11-12,14-18H2,1-5H3,(H,28,33)(H,29,32)/b13-10-/t21?,22?,23-,24-/m0/s1. The molecule has 3 amide bonds. The molecular weight excluding hydrogens is 430 g/mol. The fourth-order valence-corrected chi connectivity index (χ4v) is 4.47. The highest BCUT2D eigenvalue weighted by atomic mass is 16.2. The summed E-state index contributed by atoms with van der Waals surface area (Å²) in [7, 11) is 3.40. The van der Waals surface area contributed by atoms with Crippen molar-refractivity contribution in [1.82, 2.24) is 15.5 Å². The summed E-state index contributed by atoms with van der Waals surface area (Å²) in [6.45, 7) is 6.19. The van der Waals surface area contributed by atoms with E-state index in [1.165, 1.54) is 24.2 Å². The maximum atomic E-state index is 13.2. The van der Waals surface area contributed by atoms with E-state index >= 15 is 0 Å². The van der Waals surface area contributed by atoms with Crippen molar-refractivity contribution in [2.24, 2.45) is 17.8 Å². The van der Waals surface area contributed by atoms with Gasteiger partial charge in [-0.25, -0.2) is 0 Å². The number of carbonyl (C=O) groups is 4. The van der Waals surface area contributed by atoms with Crippen molar-refractivity contribution in [1.29, 1.82) is 0 Å². The lowest BCUT2D eigenvalue weighted by molar-refractivity contribution is -0.134. The van der Waals surface area contributed by atoms with Crippen molar-refractivity contribution < 1.29 is 19.2 Å². The molecular formula is C27H47N3O4. The quantitative estimate of drug-likeness (QED) is 0.282. The van der Waals surface area contributed by atoms with Crippen LogP contribution in [0.2, 0.25) is 0 Å². The Morgan fingerprint density at radius 1 is 1.09 bits per heavy atom. The molecule has 1 aliphatic rings. The molecule has 2 N–H and O–H groups in total. The second kappa shape index (κ2) is 16.4. The molecule has 0 saturated carbocycles. The number of allylic oxidation sites excluding steroid dienone is 2. The van der Waals surface area contributed by atoms with E-state index in [9.17, 15) is 19.2 Å². The molecule has 1 heterocycles. The van der Waals surface area contributed by atoms with Gasteiger partial charge in [-0.15, -0.1) is 0 Å². The van der Waals surface area contributed by atoms with Crippen molar-refractivity contribution in [3.05, 3.63) is 12.2 Å². The predicted octanol–water partition coefficient (Wildman–Crippen LogP) is 4.01. The third-order valence-electron chi connectivity index (χ3n) is 6.46. The Hall–Kier alpha value is -2.18. The van der Waals surface area contributed by atoms with Crippen LogP contribution in [0.1, 0.15) is 91.4 Å². The van der Waals surface area contributed by atoms with E-state index in [2.05, 4.69) is 17.6 Å². The van der Waals surface area contributed by atoms with E-state index in [-0.39, 0.29) is 36.0 Å². The van der Waals surface area contributed by atoms with Gasteiger partial charge in [0.2, 0.25) is 17.7 Å². The zero-order chi connectivity index (χ0) is 25.5. The zero-order valence-electron chi connectivity index (χ0n) is 22.0. The van der Waals surface area contributed by atoms with E-state index in [4.69, 9.17) is 0 Å². The predicted molar refractivity (Wildman–Crippen MR) is 136 cm³/mol. The van der Waals surface area contributed by atoms with Crippen LogP contribution in [-0.2, 0) is 19.2 Å². The number of unbranched alkanes of at least 4 members (excludes halogenated alkanes) is 4. The summed E-state index contributed by atoms with van der Waals surface area (Å²) in [5, 5.41) is 5.77. The van der Waals surface area contributed by atoms with Gasteiger partial charge >= 0.3 is 0 Å². The first-order valence-electron chi connectivity index (χ1n) is 13.1. The van der Waals surface area contributed by atoms with Gasteiger partial charge in [0.15, 0.2) is 0 Å². The van der Waals surface area contributed by atoms with Gasteiger partial charge in [0.05, 0.1) is 6.04 Å². The van der Waals surface area contributed by atoms with Gasteiger partial charge in [0.25, 0.3) is 0 Å². The molecule has 7 nitrogen and oxygen atoms in total. The molecule has 2 unspecified atom stereocenters. The van der Waals surface area contributed by atoms with Crippen molar-refractivity contribution in [3.63, 3.8) is 0 Å². The van der Waals surface area contributed by atoms with Gasteiger partial charge in [-0.05, 0) is 44.4 Å². The van der Waals surface area contributed by atoms with Crippen LogP contribution in [0, 0.1) is 17.8 Å². The number of hydrogen-bond donors (Lipinski definition) is 2. The first-order chi connectivity index (χ1) is 16.2. The maximum Gasteiger partial charge on any atom is 0.243 e. The summed E-state index contributed by atoms with van der Waals surface area (Å²) in [6.07, 6.45) is 13.9. The van der Waals surface area contributed by atoms with Crippen LogP contribution in [0.25, 0.3) is 0 Å². The Bertz CT molecular complexity index is 675. The van der Waals surface area contributed by atoms with E-state index in [0.29, 0.717) is 19.1 Å². The van der Waals surface area contributed by atoms with Crippen LogP contribution in [0.15, 0.2) is 12.2 Å². The fourth-order valence-electron chi connectivity index (χ4n) is 4.47. The Morgan fingerprint density at radius 2 is 1.79 bits per heavy atom. The summed E-state index contributed by atoms with van der Waals surface area (Å²) in [6, 6.07) is -1.47. The van der Waals surface area contributed by atoms with E-state index in [1.807, 2.05) is 26.0 Å². The summed E-state index contributed by atoms with van der Waals surface area (Å²) >= 11 is 0. The lowest BCUT2D eigenvalue weighted by atomic mass is 9.92. The Morgan fingerprint density at radius 3 is 2.41 bits per heavy atom. The molecule has 4 atom stereocenters. The molecule has 0 saturated heterocycles. The van der Waals surface area contributed by atoms with Crippen molar-refractivity contribution in [2.75, 3.05) is 14.1 Å².